The molecule has 14 heavy (non-hydrogen) atoms. The summed E-state index contributed by atoms with van der Waals surface area (Å²) < 4.78 is 29.9. The summed E-state index contributed by atoms with van der Waals surface area (Å²) in [7, 11) is -3.77. The first-order valence-electron chi connectivity index (χ1n) is 5.24. The zero-order chi connectivity index (χ0) is 10.2. The van der Waals surface area contributed by atoms with Crippen LogP contribution in [0.2, 0.25) is 0 Å². The maximum absolute atomic E-state index is 10.6. The molecule has 0 aromatic heterocycles. The normalized spacial score (nSPS) is 37.4. The van der Waals surface area contributed by atoms with Gasteiger partial charge in [-0.1, -0.05) is 0 Å². The first-order valence-corrected chi connectivity index (χ1v) is 6.85. The Balaban J connectivity index is 1.87. The molecule has 1 atom stereocenters. The largest absolute Gasteiger partial charge is 0.300 e. The maximum Gasteiger partial charge on any atom is 0.264 e. The third kappa shape index (κ3) is 2.46. The molecule has 3 aliphatic rings. The second kappa shape index (κ2) is 3.79. The number of hydrogen-bond acceptors (Lipinski definition) is 3. The molecular weight excluding hydrogens is 202 g/mol. The Hall–Kier alpha value is -0.130. The number of fused-ring (bicyclic) bond motifs is 3. The molecule has 0 radical (unpaired) electrons. The van der Waals surface area contributed by atoms with E-state index in [0.29, 0.717) is 12.5 Å². The van der Waals surface area contributed by atoms with Crippen LogP contribution in [0.25, 0.3) is 0 Å². The molecule has 3 rings (SSSR count). The van der Waals surface area contributed by atoms with Crippen molar-refractivity contribution in [3.63, 3.8) is 0 Å². The van der Waals surface area contributed by atoms with Crippen molar-refractivity contribution in [1.82, 2.24) is 4.90 Å². The van der Waals surface area contributed by atoms with Gasteiger partial charge in [-0.25, -0.2) is 0 Å². The van der Waals surface area contributed by atoms with Crippen LogP contribution in [0.5, 0.6) is 0 Å². The molecule has 0 aliphatic carbocycles. The molecule has 3 fully saturated rings. The third-order valence-electron chi connectivity index (χ3n) is 3.48. The van der Waals surface area contributed by atoms with E-state index in [1.165, 1.54) is 12.8 Å². The zero-order valence-corrected chi connectivity index (χ0v) is 9.04. The number of hydrogen-bond donors (Lipinski definition) is 1. The molecule has 3 aliphatic heterocycles. The molecule has 0 aromatic carbocycles. The van der Waals surface area contributed by atoms with E-state index in [9.17, 15) is 8.42 Å². The van der Waals surface area contributed by atoms with Crippen LogP contribution in [0.4, 0.5) is 0 Å². The van der Waals surface area contributed by atoms with Gasteiger partial charge < -0.3 is 4.90 Å². The summed E-state index contributed by atoms with van der Waals surface area (Å²) in [5.74, 6) is 0.715. The zero-order valence-electron chi connectivity index (χ0n) is 8.22. The molecule has 1 unspecified atom stereocenters. The fourth-order valence-corrected chi connectivity index (χ4v) is 3.24. The smallest absolute Gasteiger partial charge is 0.264 e. The summed E-state index contributed by atoms with van der Waals surface area (Å²) in [6, 6.07) is 0.393. The lowest BCUT2D eigenvalue weighted by Crippen LogP contribution is -2.49. The van der Waals surface area contributed by atoms with Gasteiger partial charge in [-0.15, -0.1) is 0 Å². The predicted molar refractivity (Wildman–Crippen MR) is 53.7 cm³/mol. The van der Waals surface area contributed by atoms with Gasteiger partial charge in [0, 0.05) is 6.04 Å². The fraction of sp³-hybridized carbons (Fsp3) is 1.00. The second-order valence-corrected chi connectivity index (χ2v) is 6.02. The molecule has 0 spiro atoms. The quantitative estimate of drug-likeness (QED) is 0.712. The third-order valence-corrected chi connectivity index (χ3v) is 4.23. The molecule has 0 aromatic rings. The van der Waals surface area contributed by atoms with Crippen LogP contribution >= 0.6 is 0 Å². The van der Waals surface area contributed by atoms with Gasteiger partial charge in [0.1, 0.15) is 0 Å². The average molecular weight is 219 g/mol. The van der Waals surface area contributed by atoms with Crippen LogP contribution < -0.4 is 0 Å². The minimum Gasteiger partial charge on any atom is -0.300 e. The Morgan fingerprint density at radius 3 is 2.36 bits per heavy atom. The van der Waals surface area contributed by atoms with Gasteiger partial charge >= 0.3 is 0 Å². The minimum absolute atomic E-state index is 0.0825. The lowest BCUT2D eigenvalue weighted by molar-refractivity contribution is 0.0479. The Kier molecular flexibility index (Phi) is 2.81. The van der Waals surface area contributed by atoms with Gasteiger partial charge in [-0.2, -0.15) is 8.42 Å². The Morgan fingerprint density at radius 2 is 1.93 bits per heavy atom. The molecule has 4 nitrogen and oxygen atoms in total. The fourth-order valence-electron chi connectivity index (χ4n) is 2.67. The van der Waals surface area contributed by atoms with Crippen LogP contribution in [0.3, 0.4) is 0 Å². The van der Waals surface area contributed by atoms with Crippen molar-refractivity contribution < 1.29 is 13.0 Å². The van der Waals surface area contributed by atoms with Gasteiger partial charge in [0.15, 0.2) is 0 Å². The summed E-state index contributed by atoms with van der Waals surface area (Å²) in [6.45, 7) is 2.22. The average Bonchev–Trinajstić information content (AvgIpc) is 2.16. The Labute approximate surface area is 85.0 Å². The van der Waals surface area contributed by atoms with Gasteiger partial charge in [0.25, 0.3) is 10.1 Å². The van der Waals surface area contributed by atoms with Crippen LogP contribution in [-0.2, 0) is 10.1 Å². The standard InChI is InChI=1S/C9H17NO3S/c11-14(12,13)6-3-9-7-8-1-4-10(9)5-2-8/h8-9H,1-7H2,(H,11,12,13). The van der Waals surface area contributed by atoms with E-state index >= 15 is 0 Å². The van der Waals surface area contributed by atoms with E-state index < -0.39 is 10.1 Å². The summed E-state index contributed by atoms with van der Waals surface area (Å²) in [5, 5.41) is 0. The van der Waals surface area contributed by atoms with Crippen LogP contribution in [-0.4, -0.2) is 42.8 Å². The van der Waals surface area contributed by atoms with Crippen molar-refractivity contribution in [2.75, 3.05) is 18.8 Å². The van der Waals surface area contributed by atoms with E-state index in [0.717, 1.165) is 25.4 Å². The van der Waals surface area contributed by atoms with Gasteiger partial charge in [0.2, 0.25) is 0 Å². The molecule has 3 heterocycles. The lowest BCUT2D eigenvalue weighted by atomic mass is 9.82. The Morgan fingerprint density at radius 1 is 1.29 bits per heavy atom. The summed E-state index contributed by atoms with van der Waals surface area (Å²) in [6.07, 6.45) is 4.25. The molecule has 82 valence electrons. The van der Waals surface area contributed by atoms with Crippen LogP contribution in [0.1, 0.15) is 25.7 Å². The van der Waals surface area contributed by atoms with Crippen LogP contribution in [0, 0.1) is 5.92 Å². The van der Waals surface area contributed by atoms with Crippen LogP contribution in [0.15, 0.2) is 0 Å². The van der Waals surface area contributed by atoms with Crippen molar-refractivity contribution in [1.29, 1.82) is 0 Å². The summed E-state index contributed by atoms with van der Waals surface area (Å²) in [5.41, 5.74) is 0. The van der Waals surface area contributed by atoms with Crippen molar-refractivity contribution >= 4 is 10.1 Å². The second-order valence-electron chi connectivity index (χ2n) is 4.44. The van der Waals surface area contributed by atoms with Gasteiger partial charge in [-0.3, -0.25) is 4.55 Å². The lowest BCUT2D eigenvalue weighted by Gasteiger charge is -2.45. The minimum atomic E-state index is -3.77. The van der Waals surface area contributed by atoms with Crippen molar-refractivity contribution in [3.8, 4) is 0 Å². The van der Waals surface area contributed by atoms with Crippen molar-refractivity contribution in [2.45, 2.75) is 31.7 Å². The van der Waals surface area contributed by atoms with E-state index in [-0.39, 0.29) is 5.75 Å². The van der Waals surface area contributed by atoms with Crippen molar-refractivity contribution in [2.24, 2.45) is 5.92 Å². The first kappa shape index (κ1) is 10.4. The molecular formula is C9H17NO3S. The monoisotopic (exact) mass is 219 g/mol. The highest BCUT2D eigenvalue weighted by molar-refractivity contribution is 7.85. The van der Waals surface area contributed by atoms with E-state index in [2.05, 4.69) is 4.90 Å². The summed E-state index contributed by atoms with van der Waals surface area (Å²) >= 11 is 0. The predicted octanol–water partition coefficient (Wildman–Crippen LogP) is 0.749. The molecule has 3 saturated heterocycles. The number of piperidine rings is 3. The SMILES string of the molecule is O=S(=O)(O)CCC1CC2CCN1CC2. The Bertz CT molecular complexity index is 293. The van der Waals surface area contributed by atoms with Crippen molar-refractivity contribution in [3.05, 3.63) is 0 Å². The van der Waals surface area contributed by atoms with Gasteiger partial charge in [0.05, 0.1) is 5.75 Å². The molecule has 0 saturated carbocycles. The first-order chi connectivity index (χ1) is 6.54. The topological polar surface area (TPSA) is 57.6 Å². The number of rotatable bonds is 3. The summed E-state index contributed by atoms with van der Waals surface area (Å²) in [4.78, 5) is 2.37. The molecule has 2 bridgehead atoms. The molecule has 5 heteroatoms. The highest BCUT2D eigenvalue weighted by atomic mass is 32.2. The molecule has 0 amide bonds. The van der Waals surface area contributed by atoms with E-state index in [1.807, 2.05) is 0 Å². The van der Waals surface area contributed by atoms with E-state index in [1.54, 1.807) is 0 Å². The maximum atomic E-state index is 10.6. The number of nitrogens with zero attached hydrogens (tertiary/aromatic N) is 1. The van der Waals surface area contributed by atoms with Gasteiger partial charge in [-0.05, 0) is 44.7 Å². The molecule has 1 N–H and O–H groups in total. The van der Waals surface area contributed by atoms with E-state index in [4.69, 9.17) is 4.55 Å². The highest BCUT2D eigenvalue weighted by Crippen LogP contribution is 2.33. The highest BCUT2D eigenvalue weighted by Gasteiger charge is 2.33.